The lowest BCUT2D eigenvalue weighted by molar-refractivity contribution is -0.113. The normalized spacial score (nSPS) is 20.3. The SMILES string of the molecule is CC(C)Oc1ccc(/C=C2/SC(N3CCOCC3)=NC2=O)cc1. The number of benzene rings is 1. The summed E-state index contributed by atoms with van der Waals surface area (Å²) in [5, 5.41) is 0.782. The first-order chi connectivity index (χ1) is 11.1. The number of hydrogen-bond acceptors (Lipinski definition) is 5. The van der Waals surface area contributed by atoms with E-state index in [1.54, 1.807) is 0 Å². The van der Waals surface area contributed by atoms with Crippen LogP contribution in [0, 0.1) is 0 Å². The maximum Gasteiger partial charge on any atom is 0.286 e. The van der Waals surface area contributed by atoms with E-state index in [2.05, 4.69) is 9.89 Å². The third-order valence-electron chi connectivity index (χ3n) is 3.44. The molecule has 1 amide bonds. The van der Waals surface area contributed by atoms with Crippen LogP contribution in [0.3, 0.4) is 0 Å². The number of thioether (sulfide) groups is 1. The fourth-order valence-corrected chi connectivity index (χ4v) is 3.32. The van der Waals surface area contributed by atoms with Gasteiger partial charge in [0.1, 0.15) is 5.75 Å². The van der Waals surface area contributed by atoms with Crippen LogP contribution in [-0.2, 0) is 9.53 Å². The van der Waals surface area contributed by atoms with Crippen LogP contribution in [0.5, 0.6) is 5.75 Å². The lowest BCUT2D eigenvalue weighted by atomic mass is 10.2. The van der Waals surface area contributed by atoms with Crippen molar-refractivity contribution in [2.45, 2.75) is 20.0 Å². The molecule has 0 atom stereocenters. The van der Waals surface area contributed by atoms with Crippen molar-refractivity contribution in [2.75, 3.05) is 26.3 Å². The van der Waals surface area contributed by atoms with Crippen molar-refractivity contribution in [1.82, 2.24) is 4.90 Å². The second-order valence-corrected chi connectivity index (χ2v) is 6.65. The number of morpholine rings is 1. The van der Waals surface area contributed by atoms with E-state index in [9.17, 15) is 4.79 Å². The van der Waals surface area contributed by atoms with Crippen molar-refractivity contribution in [3.05, 3.63) is 34.7 Å². The van der Waals surface area contributed by atoms with Crippen molar-refractivity contribution in [3.8, 4) is 5.75 Å². The van der Waals surface area contributed by atoms with Crippen molar-refractivity contribution in [1.29, 1.82) is 0 Å². The highest BCUT2D eigenvalue weighted by Crippen LogP contribution is 2.30. The molecule has 0 N–H and O–H groups in total. The molecule has 0 radical (unpaired) electrons. The van der Waals surface area contributed by atoms with Crippen LogP contribution in [0.1, 0.15) is 19.4 Å². The molecule has 2 aliphatic heterocycles. The van der Waals surface area contributed by atoms with E-state index in [1.165, 1.54) is 11.8 Å². The van der Waals surface area contributed by atoms with E-state index < -0.39 is 0 Å². The van der Waals surface area contributed by atoms with E-state index in [0.717, 1.165) is 29.6 Å². The Morgan fingerprint density at radius 2 is 1.96 bits per heavy atom. The monoisotopic (exact) mass is 332 g/mol. The molecule has 23 heavy (non-hydrogen) atoms. The van der Waals surface area contributed by atoms with E-state index in [4.69, 9.17) is 9.47 Å². The van der Waals surface area contributed by atoms with Gasteiger partial charge in [0, 0.05) is 13.1 Å². The van der Waals surface area contributed by atoms with Crippen LogP contribution in [0.15, 0.2) is 34.2 Å². The van der Waals surface area contributed by atoms with Crippen LogP contribution >= 0.6 is 11.8 Å². The highest BCUT2D eigenvalue weighted by Gasteiger charge is 2.27. The number of amides is 1. The summed E-state index contributed by atoms with van der Waals surface area (Å²) in [4.78, 5) is 19.0. The Bertz CT molecular complexity index is 632. The third kappa shape index (κ3) is 4.14. The first kappa shape index (κ1) is 16.1. The van der Waals surface area contributed by atoms with Gasteiger partial charge in [0.25, 0.3) is 5.91 Å². The van der Waals surface area contributed by atoms with Crippen molar-refractivity contribution in [2.24, 2.45) is 4.99 Å². The van der Waals surface area contributed by atoms with E-state index in [1.807, 2.05) is 44.2 Å². The van der Waals surface area contributed by atoms with Crippen LogP contribution in [0.2, 0.25) is 0 Å². The van der Waals surface area contributed by atoms with Crippen molar-refractivity contribution < 1.29 is 14.3 Å². The summed E-state index contributed by atoms with van der Waals surface area (Å²) >= 11 is 1.44. The Hall–Kier alpha value is -1.79. The van der Waals surface area contributed by atoms with Gasteiger partial charge in [0.2, 0.25) is 0 Å². The number of nitrogens with zero attached hydrogens (tertiary/aromatic N) is 2. The van der Waals surface area contributed by atoms with E-state index in [-0.39, 0.29) is 12.0 Å². The summed E-state index contributed by atoms with van der Waals surface area (Å²) in [6.45, 7) is 6.93. The standard InChI is InChI=1S/C17H20N2O3S/c1-12(2)22-14-5-3-13(4-6-14)11-15-16(20)18-17(23-15)19-7-9-21-10-8-19/h3-6,11-12H,7-10H2,1-2H3/b15-11+. The Balaban J connectivity index is 1.67. The molecule has 1 fully saturated rings. The summed E-state index contributed by atoms with van der Waals surface area (Å²) in [6.07, 6.45) is 2.03. The number of amidine groups is 1. The zero-order valence-corrected chi connectivity index (χ0v) is 14.1. The van der Waals surface area contributed by atoms with Crippen LogP contribution < -0.4 is 4.74 Å². The Labute approximate surface area is 140 Å². The Kier molecular flexibility index (Phi) is 5.03. The molecule has 0 aliphatic carbocycles. The largest absolute Gasteiger partial charge is 0.491 e. The van der Waals surface area contributed by atoms with Gasteiger partial charge in [0.15, 0.2) is 5.17 Å². The molecule has 0 saturated carbocycles. The zero-order chi connectivity index (χ0) is 16.2. The predicted octanol–water partition coefficient (Wildman–Crippen LogP) is 2.78. The molecule has 122 valence electrons. The molecule has 0 bridgehead atoms. The summed E-state index contributed by atoms with van der Waals surface area (Å²) < 4.78 is 11.0. The second kappa shape index (κ2) is 7.19. The van der Waals surface area contributed by atoms with Gasteiger partial charge < -0.3 is 14.4 Å². The van der Waals surface area contributed by atoms with Gasteiger partial charge in [-0.25, -0.2) is 0 Å². The number of carbonyl (C=O) groups is 1. The highest BCUT2D eigenvalue weighted by atomic mass is 32.2. The molecule has 5 nitrogen and oxygen atoms in total. The molecule has 1 aromatic rings. The van der Waals surface area contributed by atoms with Crippen molar-refractivity contribution >= 4 is 28.9 Å². The lowest BCUT2D eigenvalue weighted by Crippen LogP contribution is -2.38. The number of hydrogen-bond donors (Lipinski definition) is 0. The maximum absolute atomic E-state index is 12.1. The molecule has 1 saturated heterocycles. The van der Waals surface area contributed by atoms with E-state index >= 15 is 0 Å². The first-order valence-electron chi connectivity index (χ1n) is 7.74. The molecule has 6 heteroatoms. The number of rotatable bonds is 3. The van der Waals surface area contributed by atoms with E-state index in [0.29, 0.717) is 18.1 Å². The Morgan fingerprint density at radius 3 is 2.61 bits per heavy atom. The average Bonchev–Trinajstić information content (AvgIpc) is 2.91. The number of ether oxygens (including phenoxy) is 2. The first-order valence-corrected chi connectivity index (χ1v) is 8.55. The summed E-state index contributed by atoms with van der Waals surface area (Å²) in [6, 6.07) is 7.73. The molecule has 0 unspecified atom stereocenters. The van der Waals surface area contributed by atoms with Gasteiger partial charge in [-0.1, -0.05) is 12.1 Å². The van der Waals surface area contributed by atoms with Crippen LogP contribution in [0.25, 0.3) is 6.08 Å². The van der Waals surface area contributed by atoms with Gasteiger partial charge in [-0.2, -0.15) is 4.99 Å². The molecular formula is C17H20N2O3S. The topological polar surface area (TPSA) is 51.1 Å². The fraction of sp³-hybridized carbons (Fsp3) is 0.412. The van der Waals surface area contributed by atoms with Gasteiger partial charge in [-0.05, 0) is 49.4 Å². The minimum atomic E-state index is -0.168. The molecule has 2 heterocycles. The molecule has 0 aromatic heterocycles. The van der Waals surface area contributed by atoms with Gasteiger partial charge in [-0.3, -0.25) is 4.79 Å². The second-order valence-electron chi connectivity index (χ2n) is 5.65. The van der Waals surface area contributed by atoms with Crippen molar-refractivity contribution in [3.63, 3.8) is 0 Å². The molecule has 3 rings (SSSR count). The number of aliphatic imine (C=N–C) groups is 1. The summed E-state index contributed by atoms with van der Waals surface area (Å²) in [7, 11) is 0. The van der Waals surface area contributed by atoms with Crippen LogP contribution in [-0.4, -0.2) is 48.4 Å². The van der Waals surface area contributed by atoms with Gasteiger partial charge in [-0.15, -0.1) is 0 Å². The quantitative estimate of drug-likeness (QED) is 0.797. The minimum absolute atomic E-state index is 0.149. The molecule has 1 aromatic carbocycles. The predicted molar refractivity (Wildman–Crippen MR) is 92.6 cm³/mol. The minimum Gasteiger partial charge on any atom is -0.491 e. The van der Waals surface area contributed by atoms with Gasteiger partial charge >= 0.3 is 0 Å². The average molecular weight is 332 g/mol. The zero-order valence-electron chi connectivity index (χ0n) is 13.3. The molecule has 2 aliphatic rings. The van der Waals surface area contributed by atoms with Crippen LogP contribution in [0.4, 0.5) is 0 Å². The highest BCUT2D eigenvalue weighted by molar-refractivity contribution is 8.18. The smallest absolute Gasteiger partial charge is 0.286 e. The molecular weight excluding hydrogens is 312 g/mol. The maximum atomic E-state index is 12.1. The lowest BCUT2D eigenvalue weighted by Gasteiger charge is -2.27. The fourth-order valence-electron chi connectivity index (χ4n) is 2.35. The third-order valence-corrected chi connectivity index (χ3v) is 4.48. The molecule has 0 spiro atoms. The number of carbonyl (C=O) groups excluding carboxylic acids is 1. The van der Waals surface area contributed by atoms with Gasteiger partial charge in [0.05, 0.1) is 24.2 Å². The summed E-state index contributed by atoms with van der Waals surface area (Å²) in [5.41, 5.74) is 0.968. The summed E-state index contributed by atoms with van der Waals surface area (Å²) in [5.74, 6) is 0.664. The Morgan fingerprint density at radius 1 is 1.26 bits per heavy atom.